The van der Waals surface area contributed by atoms with Gasteiger partial charge in [0, 0.05) is 0 Å². The first kappa shape index (κ1) is 46.3. The summed E-state index contributed by atoms with van der Waals surface area (Å²) >= 11 is -1.66. The van der Waals surface area contributed by atoms with E-state index in [9.17, 15) is 0 Å². The second-order valence-corrected chi connectivity index (χ2v) is 28.5. The number of benzene rings is 9. The third kappa shape index (κ3) is 15.0. The van der Waals surface area contributed by atoms with Crippen molar-refractivity contribution in [1.82, 2.24) is 0 Å². The molecule has 306 valence electrons. The Kier molecular flexibility index (Phi) is 19.9. The number of hydrogen-bond donors (Lipinski definition) is 0. The van der Waals surface area contributed by atoms with Gasteiger partial charge in [-0.2, -0.15) is 0 Å². The zero-order valence-corrected chi connectivity index (χ0v) is 40.4. The van der Waals surface area contributed by atoms with Crippen LogP contribution in [0, 0.1) is 0 Å². The van der Waals surface area contributed by atoms with Gasteiger partial charge in [0.25, 0.3) is 0 Å². The predicted octanol–water partition coefficient (Wildman–Crippen LogP) is 11.6. The fourth-order valence-electron chi connectivity index (χ4n) is 6.94. The molecule has 61 heavy (non-hydrogen) atoms. The van der Waals surface area contributed by atoms with E-state index >= 15 is 0 Å². The Hall–Kier alpha value is -4.24. The molecule has 7 heteroatoms. The van der Waals surface area contributed by atoms with Gasteiger partial charge in [-0.3, -0.25) is 0 Å². The van der Waals surface area contributed by atoms with Crippen molar-refractivity contribution in [1.29, 1.82) is 0 Å². The fraction of sp³-hybridized carbons (Fsp3) is 0. The predicted molar refractivity (Wildman–Crippen MR) is 277 cm³/mol. The molecule has 0 heterocycles. The number of rotatable bonds is 9. The van der Waals surface area contributed by atoms with Gasteiger partial charge >= 0.3 is 42.1 Å². The summed E-state index contributed by atoms with van der Waals surface area (Å²) in [6.07, 6.45) is 0. The van der Waals surface area contributed by atoms with Crippen LogP contribution in [0.25, 0.3) is 0 Å². The molecule has 0 saturated carbocycles. The Morgan fingerprint density at radius 3 is 0.344 bits per heavy atom. The van der Waals surface area contributed by atoms with Crippen molar-refractivity contribution in [2.45, 2.75) is 0 Å². The molecule has 0 aliphatic heterocycles. The summed E-state index contributed by atoms with van der Waals surface area (Å²) < 4.78 is 0. The first-order valence-corrected chi connectivity index (χ1v) is 30.7. The molecular formula is C54H48Cl3P3Rh+3. The fourth-order valence-corrected chi connectivity index (χ4v) is 14.7. The molecule has 0 saturated heterocycles. The molecule has 0 aliphatic carbocycles. The van der Waals surface area contributed by atoms with Gasteiger partial charge < -0.3 is 0 Å². The first-order valence-electron chi connectivity index (χ1n) is 19.8. The summed E-state index contributed by atoms with van der Waals surface area (Å²) in [7, 11) is 12.2. The van der Waals surface area contributed by atoms with E-state index in [1.165, 1.54) is 47.7 Å². The molecule has 0 unspecified atom stereocenters. The van der Waals surface area contributed by atoms with Crippen LogP contribution >= 0.6 is 52.8 Å². The molecule has 0 radical (unpaired) electrons. The standard InChI is InChI=1S/3C18H15P.3ClH.Rh/c3*1-4-10-16(11-5-1)19(17-12-6-2-7-13-17)18-14-8-3-9-15-18;;;;/h3*1-15H;3*1H;/q;;;;;;+3. The molecule has 0 amide bonds. The van der Waals surface area contributed by atoms with Gasteiger partial charge in [0.1, 0.15) is 47.7 Å². The average molecular weight is 999 g/mol. The largest absolute Gasteiger partial charge is 0.102 e. The SMILES string of the molecule is [Cl][Rh]([Cl])[Cl].c1ccc([PH+](c2ccccc2)c2ccccc2)cc1.c1ccc([PH+](c2ccccc2)c2ccccc2)cc1.c1ccc([PH+](c2ccccc2)c2ccccc2)cc1. The molecule has 0 nitrogen and oxygen atoms in total. The minimum absolute atomic E-state index is 0.877. The van der Waals surface area contributed by atoms with Gasteiger partial charge in [0.05, 0.1) is 23.8 Å². The van der Waals surface area contributed by atoms with E-state index in [0.29, 0.717) is 0 Å². The Morgan fingerprint density at radius 1 is 0.180 bits per heavy atom. The van der Waals surface area contributed by atoms with Crippen molar-refractivity contribution < 1.29 is 13.0 Å². The van der Waals surface area contributed by atoms with E-state index in [-0.39, 0.29) is 0 Å². The van der Waals surface area contributed by atoms with E-state index < -0.39 is 36.7 Å². The van der Waals surface area contributed by atoms with Crippen LogP contribution in [-0.2, 0) is 13.0 Å². The van der Waals surface area contributed by atoms with Crippen molar-refractivity contribution in [3.63, 3.8) is 0 Å². The number of halogens is 3. The van der Waals surface area contributed by atoms with Crippen molar-refractivity contribution in [2.75, 3.05) is 0 Å². The van der Waals surface area contributed by atoms with E-state index in [2.05, 4.69) is 273 Å². The minimum Gasteiger partial charge on any atom is -0.0620 e. The summed E-state index contributed by atoms with van der Waals surface area (Å²) in [5.41, 5.74) is 0. The van der Waals surface area contributed by atoms with Gasteiger partial charge in [0.15, 0.2) is 0 Å². The molecule has 0 N–H and O–H groups in total. The monoisotopic (exact) mass is 997 g/mol. The average Bonchev–Trinajstić information content (AvgIpc) is 3.33. The van der Waals surface area contributed by atoms with Gasteiger partial charge in [0.2, 0.25) is 0 Å². The molecule has 0 spiro atoms. The van der Waals surface area contributed by atoms with Crippen LogP contribution in [0.4, 0.5) is 0 Å². The topological polar surface area (TPSA) is 0 Å². The van der Waals surface area contributed by atoms with Crippen LogP contribution < -0.4 is 47.7 Å². The molecule has 0 fully saturated rings. The summed E-state index contributed by atoms with van der Waals surface area (Å²) in [6, 6.07) is 97.5. The Bertz CT molecular complexity index is 1930. The van der Waals surface area contributed by atoms with Crippen LogP contribution in [0.3, 0.4) is 0 Å². The zero-order chi connectivity index (χ0) is 42.3. The second-order valence-electron chi connectivity index (χ2n) is 13.6. The zero-order valence-electron chi connectivity index (χ0n) is 33.4. The molecule has 0 aliphatic rings. The molecule has 0 bridgehead atoms. The summed E-state index contributed by atoms with van der Waals surface area (Å²) in [5, 5.41) is 12.9. The van der Waals surface area contributed by atoms with Crippen molar-refractivity contribution in [3.8, 4) is 0 Å². The van der Waals surface area contributed by atoms with Gasteiger partial charge in [-0.1, -0.05) is 164 Å². The van der Waals surface area contributed by atoms with Crippen LogP contribution in [0.15, 0.2) is 273 Å². The quantitative estimate of drug-likeness (QED) is 0.0999. The third-order valence-corrected chi connectivity index (χ3v) is 17.8. The molecular weight excluding hydrogens is 951 g/mol. The van der Waals surface area contributed by atoms with E-state index in [1.54, 1.807) is 0 Å². The van der Waals surface area contributed by atoms with Gasteiger partial charge in [-0.15, -0.1) is 0 Å². The molecule has 0 aromatic heterocycles. The van der Waals surface area contributed by atoms with E-state index in [0.717, 1.165) is 0 Å². The smallest absolute Gasteiger partial charge is 0.0620 e. The normalized spacial score (nSPS) is 10.6. The first-order chi connectivity index (χ1) is 30.1. The maximum absolute atomic E-state index is 4.94. The Balaban J connectivity index is 0.000000146. The maximum atomic E-state index is 4.94. The van der Waals surface area contributed by atoms with Crippen LogP contribution in [0.1, 0.15) is 0 Å². The Morgan fingerprint density at radius 2 is 0.262 bits per heavy atom. The minimum atomic E-state index is -1.66. The molecule has 9 aromatic rings. The van der Waals surface area contributed by atoms with E-state index in [1.807, 2.05) is 0 Å². The van der Waals surface area contributed by atoms with Gasteiger partial charge in [-0.05, 0) is 109 Å². The van der Waals surface area contributed by atoms with Crippen molar-refractivity contribution in [2.24, 2.45) is 0 Å². The summed E-state index contributed by atoms with van der Waals surface area (Å²) in [5.74, 6) is 0. The second kappa shape index (κ2) is 26.3. The van der Waals surface area contributed by atoms with Gasteiger partial charge in [-0.25, -0.2) is 0 Å². The van der Waals surface area contributed by atoms with Crippen LogP contribution in [-0.4, -0.2) is 0 Å². The van der Waals surface area contributed by atoms with E-state index in [4.69, 9.17) is 29.1 Å². The Labute approximate surface area is 383 Å². The van der Waals surface area contributed by atoms with Crippen LogP contribution in [0.5, 0.6) is 0 Å². The van der Waals surface area contributed by atoms with Crippen molar-refractivity contribution in [3.05, 3.63) is 273 Å². The number of hydrogen-bond acceptors (Lipinski definition) is 0. The summed E-state index contributed by atoms with van der Waals surface area (Å²) in [4.78, 5) is 0. The molecule has 0 atom stereocenters. The molecule has 9 rings (SSSR count). The summed E-state index contributed by atoms with van der Waals surface area (Å²) in [6.45, 7) is 0. The van der Waals surface area contributed by atoms with Crippen LogP contribution in [0.2, 0.25) is 0 Å². The molecule has 9 aromatic carbocycles. The maximum Gasteiger partial charge on any atom is 0.102 e. The third-order valence-electron chi connectivity index (χ3n) is 9.56. The van der Waals surface area contributed by atoms with Crippen molar-refractivity contribution >= 4 is 101 Å².